The van der Waals surface area contributed by atoms with Crippen molar-refractivity contribution in [1.29, 1.82) is 0 Å². The van der Waals surface area contributed by atoms with E-state index in [4.69, 9.17) is 5.73 Å². The summed E-state index contributed by atoms with van der Waals surface area (Å²) in [6.45, 7) is 0.958. The third-order valence-electron chi connectivity index (χ3n) is 8.40. The normalized spacial score (nSPS) is 36.2. The van der Waals surface area contributed by atoms with Crippen molar-refractivity contribution in [3.8, 4) is 0 Å². The van der Waals surface area contributed by atoms with Crippen LogP contribution in [-0.4, -0.2) is 60.9 Å². The monoisotopic (exact) mass is 464 g/mol. The van der Waals surface area contributed by atoms with Gasteiger partial charge in [-0.05, 0) is 87.5 Å². The van der Waals surface area contributed by atoms with Gasteiger partial charge in [-0.3, -0.25) is 4.79 Å². The molecule has 1 aromatic rings. The molecule has 3 atom stereocenters. The Hall–Kier alpha value is -1.55. The van der Waals surface area contributed by atoms with E-state index < -0.39 is 21.4 Å². The van der Waals surface area contributed by atoms with Crippen LogP contribution in [0.15, 0.2) is 29.2 Å². The number of likely N-dealkylation sites (tertiary alicyclic amines) is 1. The lowest BCUT2D eigenvalue weighted by Crippen LogP contribution is -2.69. The topological polar surface area (TPSA) is 95.7 Å². The highest BCUT2D eigenvalue weighted by atomic mass is 32.2. The molecule has 1 aromatic carbocycles. The van der Waals surface area contributed by atoms with Crippen LogP contribution in [0, 0.1) is 17.7 Å². The molecule has 5 fully saturated rings. The van der Waals surface area contributed by atoms with Crippen molar-refractivity contribution in [2.24, 2.45) is 17.6 Å². The van der Waals surface area contributed by atoms with Crippen molar-refractivity contribution in [3.63, 3.8) is 0 Å². The number of nitrogens with zero attached hydrogens (tertiary/aromatic N) is 2. The van der Waals surface area contributed by atoms with E-state index in [2.05, 4.69) is 5.32 Å². The first-order valence-electron chi connectivity index (χ1n) is 11.7. The van der Waals surface area contributed by atoms with Gasteiger partial charge < -0.3 is 16.0 Å². The van der Waals surface area contributed by atoms with E-state index in [1.807, 2.05) is 0 Å². The van der Waals surface area contributed by atoms with Crippen molar-refractivity contribution >= 4 is 15.9 Å². The van der Waals surface area contributed by atoms with Gasteiger partial charge in [0.15, 0.2) is 0 Å². The second kappa shape index (κ2) is 7.75. The zero-order chi connectivity index (χ0) is 22.7. The van der Waals surface area contributed by atoms with Crippen LogP contribution >= 0.6 is 0 Å². The number of halogens is 1. The summed E-state index contributed by atoms with van der Waals surface area (Å²) in [5.41, 5.74) is 5.37. The Morgan fingerprint density at radius 1 is 1.22 bits per heavy atom. The molecular weight excluding hydrogens is 431 g/mol. The minimum Gasteiger partial charge on any atom is -0.326 e. The zero-order valence-electron chi connectivity index (χ0n) is 18.6. The van der Waals surface area contributed by atoms with Crippen molar-refractivity contribution < 1.29 is 17.6 Å². The number of nitrogens with one attached hydrogen (secondary N) is 1. The third-order valence-corrected chi connectivity index (χ3v) is 10.4. The summed E-state index contributed by atoms with van der Waals surface area (Å²) in [6.07, 6.45) is 7.06. The molecule has 7 nitrogen and oxygen atoms in total. The van der Waals surface area contributed by atoms with Crippen LogP contribution in [0.1, 0.15) is 51.4 Å². The van der Waals surface area contributed by atoms with E-state index in [9.17, 15) is 17.6 Å². The molecule has 4 aliphatic carbocycles. The number of hydrogen-bond acceptors (Lipinski definition) is 5. The lowest BCUT2D eigenvalue weighted by atomic mass is 9.50. The van der Waals surface area contributed by atoms with Gasteiger partial charge in [-0.15, -0.1) is 0 Å². The number of carbonyl (C=O) groups excluding carboxylic acids is 1. The fourth-order valence-electron chi connectivity index (χ4n) is 7.28. The molecule has 2 unspecified atom stereocenters. The number of carbonyl (C=O) groups is 1. The largest absolute Gasteiger partial charge is 0.326 e. The van der Waals surface area contributed by atoms with E-state index >= 15 is 0 Å². The first-order chi connectivity index (χ1) is 15.1. The summed E-state index contributed by atoms with van der Waals surface area (Å²) in [7, 11) is -2.07. The lowest BCUT2D eigenvalue weighted by Gasteiger charge is -2.64. The van der Waals surface area contributed by atoms with Gasteiger partial charge in [-0.25, -0.2) is 12.8 Å². The molecule has 1 saturated heterocycles. The molecule has 1 heterocycles. The molecule has 3 N–H and O–H groups in total. The van der Waals surface area contributed by atoms with Gasteiger partial charge in [0.2, 0.25) is 15.9 Å². The number of benzene rings is 1. The van der Waals surface area contributed by atoms with Gasteiger partial charge >= 0.3 is 0 Å². The van der Waals surface area contributed by atoms with Gasteiger partial charge in [0.1, 0.15) is 5.82 Å². The van der Waals surface area contributed by atoms with Crippen molar-refractivity contribution in [3.05, 3.63) is 30.1 Å². The molecule has 5 aliphatic rings. The summed E-state index contributed by atoms with van der Waals surface area (Å²) >= 11 is 0. The molecule has 6 rings (SSSR count). The minimum atomic E-state index is -3.75. The molecule has 4 saturated carbocycles. The molecule has 9 heteroatoms. The third kappa shape index (κ3) is 3.67. The van der Waals surface area contributed by atoms with E-state index in [1.54, 1.807) is 16.3 Å². The second-order valence-corrected chi connectivity index (χ2v) is 12.5. The minimum absolute atomic E-state index is 0.0343. The molecule has 32 heavy (non-hydrogen) atoms. The maximum Gasteiger partial charge on any atom is 0.243 e. The number of nitrogens with two attached hydrogens (primary N) is 1. The second-order valence-electron chi connectivity index (χ2n) is 10.5. The van der Waals surface area contributed by atoms with Crippen LogP contribution < -0.4 is 11.1 Å². The standard InChI is InChI=1S/C23H33FN4O3S/c1-27(32(30,31)19-6-4-18(24)5-7-19)23-12-16-9-17(13-23)11-22(10-16,15-23)26-14-21(29)28-8-2-3-20(28)25/h4-7,16-17,20,26H,2-3,8-15,25H2,1H3/t16?,17?,20-,22?,23?/m0/s1. The summed E-state index contributed by atoms with van der Waals surface area (Å²) in [6, 6.07) is 5.07. The molecule has 0 spiro atoms. The summed E-state index contributed by atoms with van der Waals surface area (Å²) < 4.78 is 41.8. The molecule has 0 aromatic heterocycles. The van der Waals surface area contributed by atoms with Gasteiger partial charge in [-0.2, -0.15) is 4.31 Å². The Morgan fingerprint density at radius 3 is 2.47 bits per heavy atom. The Kier molecular flexibility index (Phi) is 5.39. The zero-order valence-corrected chi connectivity index (χ0v) is 19.4. The molecule has 176 valence electrons. The van der Waals surface area contributed by atoms with E-state index in [0.717, 1.165) is 44.9 Å². The first-order valence-corrected chi connectivity index (χ1v) is 13.1. The number of rotatable bonds is 6. The molecule has 0 radical (unpaired) electrons. The van der Waals surface area contributed by atoms with Crippen molar-refractivity contribution in [1.82, 2.24) is 14.5 Å². The Bertz CT molecular complexity index is 985. The fourth-order valence-corrected chi connectivity index (χ4v) is 8.80. The average Bonchev–Trinajstić information content (AvgIpc) is 3.17. The predicted molar refractivity (Wildman–Crippen MR) is 118 cm³/mol. The number of amides is 1. The summed E-state index contributed by atoms with van der Waals surface area (Å²) in [5.74, 6) is 0.469. The predicted octanol–water partition coefficient (Wildman–Crippen LogP) is 2.03. The Balaban J connectivity index is 1.37. The average molecular weight is 465 g/mol. The number of hydrogen-bond donors (Lipinski definition) is 2. The highest BCUT2D eigenvalue weighted by Crippen LogP contribution is 2.60. The first kappa shape index (κ1) is 22.3. The molecular formula is C23H33FN4O3S. The highest BCUT2D eigenvalue weighted by molar-refractivity contribution is 7.89. The van der Waals surface area contributed by atoms with E-state index in [1.165, 1.54) is 24.3 Å². The highest BCUT2D eigenvalue weighted by Gasteiger charge is 2.60. The van der Waals surface area contributed by atoms with Crippen LogP contribution in [-0.2, 0) is 14.8 Å². The quantitative estimate of drug-likeness (QED) is 0.672. The van der Waals surface area contributed by atoms with Gasteiger partial charge in [0.25, 0.3) is 0 Å². The smallest absolute Gasteiger partial charge is 0.243 e. The maximum atomic E-state index is 13.4. The Morgan fingerprint density at radius 2 is 1.88 bits per heavy atom. The number of sulfonamides is 1. The maximum absolute atomic E-state index is 13.4. The van der Waals surface area contributed by atoms with Gasteiger partial charge in [0, 0.05) is 24.7 Å². The van der Waals surface area contributed by atoms with E-state index in [-0.39, 0.29) is 29.1 Å². The molecule has 4 bridgehead atoms. The Labute approximate surface area is 189 Å². The van der Waals surface area contributed by atoms with Crippen LogP contribution in [0.2, 0.25) is 0 Å². The lowest BCUT2D eigenvalue weighted by molar-refractivity contribution is -0.133. The summed E-state index contributed by atoms with van der Waals surface area (Å²) in [5, 5.41) is 3.58. The SMILES string of the molecule is CN(C12CC3CC(CC(NCC(=O)N4CCC[C@H]4N)(C3)C1)C2)S(=O)(=O)c1ccc(F)cc1. The van der Waals surface area contributed by atoms with Crippen LogP contribution in [0.3, 0.4) is 0 Å². The van der Waals surface area contributed by atoms with Crippen LogP contribution in [0.25, 0.3) is 0 Å². The fraction of sp³-hybridized carbons (Fsp3) is 0.696. The molecule has 1 aliphatic heterocycles. The van der Waals surface area contributed by atoms with Crippen LogP contribution in [0.5, 0.6) is 0 Å². The van der Waals surface area contributed by atoms with Crippen molar-refractivity contribution in [2.45, 2.75) is 73.5 Å². The molecule has 1 amide bonds. The van der Waals surface area contributed by atoms with Crippen molar-refractivity contribution in [2.75, 3.05) is 20.1 Å². The van der Waals surface area contributed by atoms with E-state index in [0.29, 0.717) is 24.8 Å². The van der Waals surface area contributed by atoms with Gasteiger partial charge in [0.05, 0.1) is 17.6 Å². The summed E-state index contributed by atoms with van der Waals surface area (Å²) in [4.78, 5) is 14.7. The van der Waals surface area contributed by atoms with Gasteiger partial charge in [-0.1, -0.05) is 0 Å². The van der Waals surface area contributed by atoms with Crippen LogP contribution in [0.4, 0.5) is 4.39 Å².